The first-order chi connectivity index (χ1) is 17.7. The molecular formula is C27H31N7OS. The molecule has 36 heavy (non-hydrogen) atoms. The number of nitrogens with one attached hydrogen (secondary N) is 2. The Hall–Kier alpha value is -3.04. The van der Waals surface area contributed by atoms with Gasteiger partial charge in [-0.25, -0.2) is 9.97 Å². The molecule has 1 saturated carbocycles. The van der Waals surface area contributed by atoms with Crippen LogP contribution in [0.3, 0.4) is 0 Å². The van der Waals surface area contributed by atoms with E-state index in [1.807, 2.05) is 18.3 Å². The number of fused-ring (bicyclic) bond motifs is 4. The standard InChI is InChI=1S/C27H31N7OS/c35-27(34-11-9-33(10-12-34)20-3-1-2-4-20)17-5-7-21-23(14-17)36-26-24(21)25(28-16-29-26)31-19-6-8-22-18(13-19)15-30-32-22/h6,8,13,15-17,20H,1-5,7,9-12,14H2,(H,30,32)(H,28,29,31). The number of nitrogens with zero attached hydrogens (tertiary/aromatic N) is 5. The monoisotopic (exact) mass is 501 g/mol. The van der Waals surface area contributed by atoms with Crippen molar-refractivity contribution in [1.29, 1.82) is 0 Å². The Morgan fingerprint density at radius 1 is 1.08 bits per heavy atom. The summed E-state index contributed by atoms with van der Waals surface area (Å²) in [5.74, 6) is 1.27. The van der Waals surface area contributed by atoms with E-state index in [0.717, 1.165) is 84.1 Å². The van der Waals surface area contributed by atoms with Crippen molar-refractivity contribution in [2.75, 3.05) is 31.5 Å². The van der Waals surface area contributed by atoms with E-state index in [-0.39, 0.29) is 5.92 Å². The Morgan fingerprint density at radius 3 is 2.81 bits per heavy atom. The number of rotatable bonds is 4. The van der Waals surface area contributed by atoms with E-state index in [1.54, 1.807) is 17.7 Å². The molecular weight excluding hydrogens is 470 g/mol. The lowest BCUT2D eigenvalue weighted by molar-refractivity contribution is -0.138. The summed E-state index contributed by atoms with van der Waals surface area (Å²) < 4.78 is 0. The van der Waals surface area contributed by atoms with E-state index in [0.29, 0.717) is 5.91 Å². The topological polar surface area (TPSA) is 90.0 Å². The van der Waals surface area contributed by atoms with Crippen LogP contribution in [-0.2, 0) is 17.6 Å². The number of aromatic nitrogens is 4. The maximum absolute atomic E-state index is 13.5. The number of carbonyl (C=O) groups excluding carboxylic acids is 1. The van der Waals surface area contributed by atoms with E-state index in [4.69, 9.17) is 0 Å². The minimum absolute atomic E-state index is 0.0801. The summed E-state index contributed by atoms with van der Waals surface area (Å²) in [4.78, 5) is 29.7. The Bertz CT molecular complexity index is 1410. The first kappa shape index (κ1) is 22.2. The van der Waals surface area contributed by atoms with Crippen LogP contribution in [0.5, 0.6) is 0 Å². The lowest BCUT2D eigenvalue weighted by Crippen LogP contribution is -2.53. The smallest absolute Gasteiger partial charge is 0.226 e. The molecule has 1 atom stereocenters. The number of H-pyrrole nitrogens is 1. The van der Waals surface area contributed by atoms with Crippen LogP contribution >= 0.6 is 11.3 Å². The number of aryl methyl sites for hydroxylation is 1. The van der Waals surface area contributed by atoms with E-state index in [1.165, 1.54) is 36.1 Å². The molecule has 0 bridgehead atoms. The lowest BCUT2D eigenvalue weighted by atomic mass is 9.86. The zero-order valence-corrected chi connectivity index (χ0v) is 21.2. The highest BCUT2D eigenvalue weighted by Gasteiger charge is 2.34. The van der Waals surface area contributed by atoms with Crippen LogP contribution in [0.2, 0.25) is 0 Å². The number of piperazine rings is 1. The van der Waals surface area contributed by atoms with Crippen molar-refractivity contribution in [2.24, 2.45) is 5.92 Å². The van der Waals surface area contributed by atoms with Gasteiger partial charge in [0.05, 0.1) is 17.1 Å². The van der Waals surface area contributed by atoms with Crippen molar-refractivity contribution in [3.63, 3.8) is 0 Å². The highest BCUT2D eigenvalue weighted by Crippen LogP contribution is 2.41. The molecule has 4 heterocycles. The van der Waals surface area contributed by atoms with Crippen molar-refractivity contribution in [2.45, 2.75) is 51.0 Å². The Labute approximate surface area is 214 Å². The molecule has 0 spiro atoms. The summed E-state index contributed by atoms with van der Waals surface area (Å²) in [5, 5.41) is 12.8. The molecule has 2 fully saturated rings. The third-order valence-corrected chi connectivity index (χ3v) is 9.53. The molecule has 1 unspecified atom stereocenters. The molecule has 1 aliphatic heterocycles. The Balaban J connectivity index is 1.08. The minimum atomic E-state index is 0.0801. The largest absolute Gasteiger partial charge is 0.340 e. The fourth-order valence-corrected chi connectivity index (χ4v) is 7.68. The number of carbonyl (C=O) groups is 1. The first-order valence-electron chi connectivity index (χ1n) is 13.2. The third kappa shape index (κ3) is 3.94. The van der Waals surface area contributed by atoms with Crippen molar-refractivity contribution in [3.05, 3.63) is 41.2 Å². The normalized spacial score (nSPS) is 21.3. The first-order valence-corrected chi connectivity index (χ1v) is 14.0. The summed E-state index contributed by atoms with van der Waals surface area (Å²) >= 11 is 1.73. The van der Waals surface area contributed by atoms with Crippen LogP contribution in [0.15, 0.2) is 30.7 Å². The summed E-state index contributed by atoms with van der Waals surface area (Å²) in [6, 6.07) is 6.89. The molecule has 1 amide bonds. The van der Waals surface area contributed by atoms with Gasteiger partial charge in [0.1, 0.15) is 17.0 Å². The second kappa shape index (κ2) is 9.12. The molecule has 3 aliphatic rings. The minimum Gasteiger partial charge on any atom is -0.340 e. The maximum Gasteiger partial charge on any atom is 0.226 e. The summed E-state index contributed by atoms with van der Waals surface area (Å²) in [6.45, 7) is 3.83. The molecule has 9 heteroatoms. The van der Waals surface area contributed by atoms with Crippen LogP contribution in [-0.4, -0.2) is 68.1 Å². The Morgan fingerprint density at radius 2 is 1.94 bits per heavy atom. The lowest BCUT2D eigenvalue weighted by Gasteiger charge is -2.39. The molecule has 2 aliphatic carbocycles. The Kier molecular flexibility index (Phi) is 5.62. The summed E-state index contributed by atoms with van der Waals surface area (Å²) in [5.41, 5.74) is 3.30. The number of anilines is 2. The molecule has 4 aromatic rings. The summed E-state index contributed by atoms with van der Waals surface area (Å²) in [7, 11) is 0. The molecule has 8 nitrogen and oxygen atoms in total. The molecule has 1 saturated heterocycles. The predicted molar refractivity (Wildman–Crippen MR) is 143 cm³/mol. The van der Waals surface area contributed by atoms with Crippen molar-refractivity contribution in [3.8, 4) is 0 Å². The predicted octanol–water partition coefficient (Wildman–Crippen LogP) is 4.50. The average Bonchev–Trinajstić information content (AvgIpc) is 3.68. The second-order valence-electron chi connectivity index (χ2n) is 10.4. The number of thiophene rings is 1. The van der Waals surface area contributed by atoms with Crippen LogP contribution in [0.25, 0.3) is 21.1 Å². The van der Waals surface area contributed by atoms with Crippen LogP contribution in [0.4, 0.5) is 11.5 Å². The van der Waals surface area contributed by atoms with Gasteiger partial charge in [0.15, 0.2) is 0 Å². The molecule has 3 aromatic heterocycles. The highest BCUT2D eigenvalue weighted by molar-refractivity contribution is 7.19. The average molecular weight is 502 g/mol. The molecule has 2 N–H and O–H groups in total. The van der Waals surface area contributed by atoms with Crippen molar-refractivity contribution in [1.82, 2.24) is 30.0 Å². The van der Waals surface area contributed by atoms with Gasteiger partial charge >= 0.3 is 0 Å². The van der Waals surface area contributed by atoms with Gasteiger partial charge < -0.3 is 10.2 Å². The van der Waals surface area contributed by atoms with E-state index in [2.05, 4.69) is 41.3 Å². The van der Waals surface area contributed by atoms with Crippen LogP contribution in [0.1, 0.15) is 42.5 Å². The molecule has 7 rings (SSSR count). The molecule has 1 aromatic carbocycles. The number of hydrogen-bond donors (Lipinski definition) is 2. The number of amides is 1. The van der Waals surface area contributed by atoms with Crippen LogP contribution in [0, 0.1) is 5.92 Å². The maximum atomic E-state index is 13.5. The highest BCUT2D eigenvalue weighted by atomic mass is 32.1. The summed E-state index contributed by atoms with van der Waals surface area (Å²) in [6.07, 6.45) is 11.5. The number of benzene rings is 1. The SMILES string of the molecule is O=C(C1CCc2c(sc3ncnc(Nc4ccc5[nH]ncc5c4)c23)C1)N1CCN(C2CCCC2)CC1. The van der Waals surface area contributed by atoms with Gasteiger partial charge in [-0.05, 0) is 55.9 Å². The van der Waals surface area contributed by atoms with Gasteiger partial charge in [-0.2, -0.15) is 5.10 Å². The van der Waals surface area contributed by atoms with Gasteiger partial charge in [-0.3, -0.25) is 14.8 Å². The zero-order chi connectivity index (χ0) is 24.1. The van der Waals surface area contributed by atoms with Gasteiger partial charge in [0.25, 0.3) is 0 Å². The number of aromatic amines is 1. The van der Waals surface area contributed by atoms with E-state index < -0.39 is 0 Å². The van der Waals surface area contributed by atoms with E-state index in [9.17, 15) is 4.79 Å². The van der Waals surface area contributed by atoms with Gasteiger partial charge in [-0.15, -0.1) is 11.3 Å². The van der Waals surface area contributed by atoms with Crippen LogP contribution < -0.4 is 5.32 Å². The fourth-order valence-electron chi connectivity index (χ4n) is 6.41. The van der Waals surface area contributed by atoms with Gasteiger partial charge in [0.2, 0.25) is 5.91 Å². The molecule has 186 valence electrons. The van der Waals surface area contributed by atoms with Crippen molar-refractivity contribution < 1.29 is 4.79 Å². The third-order valence-electron chi connectivity index (χ3n) is 8.36. The van der Waals surface area contributed by atoms with Gasteiger partial charge in [0, 0.05) is 54.1 Å². The zero-order valence-electron chi connectivity index (χ0n) is 20.4. The fraction of sp³-hybridized carbons (Fsp3) is 0.481. The number of hydrogen-bond acceptors (Lipinski definition) is 7. The quantitative estimate of drug-likeness (QED) is 0.428. The van der Waals surface area contributed by atoms with Crippen molar-refractivity contribution >= 4 is 49.9 Å². The van der Waals surface area contributed by atoms with Gasteiger partial charge in [-0.1, -0.05) is 12.8 Å². The van der Waals surface area contributed by atoms with E-state index >= 15 is 0 Å². The second-order valence-corrected chi connectivity index (χ2v) is 11.5. The molecule has 0 radical (unpaired) electrons.